The van der Waals surface area contributed by atoms with Crippen LogP contribution in [0.15, 0.2) is 42.5 Å². The lowest BCUT2D eigenvalue weighted by molar-refractivity contribution is 0.0658. The molecular formula is C27H33N3O2. The molecule has 5 nitrogen and oxygen atoms in total. The molecule has 32 heavy (non-hydrogen) atoms. The van der Waals surface area contributed by atoms with Gasteiger partial charge in [0.1, 0.15) is 0 Å². The van der Waals surface area contributed by atoms with Crippen molar-refractivity contribution < 1.29 is 9.59 Å². The number of likely N-dealkylation sites (tertiary alicyclic amines) is 1. The van der Waals surface area contributed by atoms with Gasteiger partial charge >= 0.3 is 0 Å². The van der Waals surface area contributed by atoms with Crippen LogP contribution in [0, 0.1) is 0 Å². The summed E-state index contributed by atoms with van der Waals surface area (Å²) in [5.74, 6) is 0.149. The number of hydrogen-bond acceptors (Lipinski definition) is 3. The number of nitrogens with one attached hydrogen (secondary N) is 1. The first kappa shape index (κ1) is 21.2. The van der Waals surface area contributed by atoms with E-state index in [0.717, 1.165) is 60.8 Å². The smallest absolute Gasteiger partial charge is 0.254 e. The number of fused-ring (bicyclic) bond motifs is 1. The Bertz CT molecular complexity index is 994. The largest absolute Gasteiger partial charge is 0.352 e. The SMILES string of the molecule is CCNC(=O)c1ccc(-c2ccc3c(c2)CCN([C@H]2CCN(C4CCCC4)C2)C3=O)cc1. The number of rotatable bonds is 5. The highest BCUT2D eigenvalue weighted by atomic mass is 16.2. The van der Waals surface area contributed by atoms with Gasteiger partial charge in [-0.2, -0.15) is 0 Å². The van der Waals surface area contributed by atoms with Gasteiger partial charge in [-0.1, -0.05) is 37.1 Å². The van der Waals surface area contributed by atoms with E-state index in [-0.39, 0.29) is 11.8 Å². The molecule has 3 aliphatic rings. The first-order chi connectivity index (χ1) is 15.6. The molecule has 168 valence electrons. The highest BCUT2D eigenvalue weighted by Gasteiger charge is 2.36. The van der Waals surface area contributed by atoms with Crippen LogP contribution in [0.4, 0.5) is 0 Å². The lowest BCUT2D eigenvalue weighted by atomic mass is 9.93. The zero-order chi connectivity index (χ0) is 22.1. The topological polar surface area (TPSA) is 52.7 Å². The zero-order valence-electron chi connectivity index (χ0n) is 19.0. The predicted molar refractivity (Wildman–Crippen MR) is 127 cm³/mol. The van der Waals surface area contributed by atoms with E-state index in [4.69, 9.17) is 0 Å². The van der Waals surface area contributed by atoms with Crippen molar-refractivity contribution in [1.82, 2.24) is 15.1 Å². The molecule has 1 atom stereocenters. The van der Waals surface area contributed by atoms with Crippen LogP contribution in [-0.2, 0) is 6.42 Å². The van der Waals surface area contributed by atoms with E-state index in [1.807, 2.05) is 43.3 Å². The first-order valence-corrected chi connectivity index (χ1v) is 12.2. The standard InChI is InChI=1S/C27H33N3O2/c1-2-28-26(31)20-9-7-19(8-10-20)21-11-12-25-22(17-21)13-16-30(27(25)32)24-14-15-29(18-24)23-5-3-4-6-23/h7-12,17,23-24H,2-6,13-16,18H2,1H3,(H,28,31)/t24-/m0/s1. The zero-order valence-corrected chi connectivity index (χ0v) is 19.0. The van der Waals surface area contributed by atoms with Crippen LogP contribution in [0.5, 0.6) is 0 Å². The Morgan fingerprint density at radius 3 is 2.47 bits per heavy atom. The quantitative estimate of drug-likeness (QED) is 0.775. The molecule has 1 saturated heterocycles. The van der Waals surface area contributed by atoms with Gasteiger partial charge in [-0.3, -0.25) is 14.5 Å². The molecule has 2 heterocycles. The summed E-state index contributed by atoms with van der Waals surface area (Å²) in [5.41, 5.74) is 4.84. The number of carbonyl (C=O) groups is 2. The Kier molecular flexibility index (Phi) is 6.01. The maximum absolute atomic E-state index is 13.3. The van der Waals surface area contributed by atoms with Gasteiger partial charge in [-0.05, 0) is 67.5 Å². The third-order valence-corrected chi connectivity index (χ3v) is 7.51. The van der Waals surface area contributed by atoms with Crippen LogP contribution in [0.3, 0.4) is 0 Å². The summed E-state index contributed by atoms with van der Waals surface area (Å²) in [6.07, 6.45) is 7.39. The van der Waals surface area contributed by atoms with Gasteiger partial charge in [-0.25, -0.2) is 0 Å². The van der Waals surface area contributed by atoms with Crippen molar-refractivity contribution >= 4 is 11.8 Å². The van der Waals surface area contributed by atoms with Crippen LogP contribution in [0.2, 0.25) is 0 Å². The Hall–Kier alpha value is -2.66. The summed E-state index contributed by atoms with van der Waals surface area (Å²) in [6.45, 7) is 5.53. The maximum Gasteiger partial charge on any atom is 0.254 e. The van der Waals surface area contributed by atoms with Gasteiger partial charge in [0.05, 0.1) is 0 Å². The molecule has 0 bridgehead atoms. The summed E-state index contributed by atoms with van der Waals surface area (Å²) in [5, 5.41) is 2.83. The van der Waals surface area contributed by atoms with Crippen LogP contribution in [-0.4, -0.2) is 59.9 Å². The van der Waals surface area contributed by atoms with E-state index < -0.39 is 0 Å². The third kappa shape index (κ3) is 4.06. The molecule has 1 N–H and O–H groups in total. The molecule has 0 unspecified atom stereocenters. The van der Waals surface area contributed by atoms with Crippen molar-refractivity contribution in [2.45, 2.75) is 57.5 Å². The minimum absolute atomic E-state index is 0.0476. The average molecular weight is 432 g/mol. The van der Waals surface area contributed by atoms with Gasteiger partial charge in [0.15, 0.2) is 0 Å². The van der Waals surface area contributed by atoms with E-state index >= 15 is 0 Å². The van der Waals surface area contributed by atoms with Crippen molar-refractivity contribution in [3.8, 4) is 11.1 Å². The van der Waals surface area contributed by atoms with Crippen LogP contribution in [0.1, 0.15) is 65.3 Å². The molecule has 1 aliphatic carbocycles. The minimum atomic E-state index is -0.0476. The van der Waals surface area contributed by atoms with E-state index in [2.05, 4.69) is 21.2 Å². The summed E-state index contributed by atoms with van der Waals surface area (Å²) < 4.78 is 0. The van der Waals surface area contributed by atoms with Gasteiger partial charge in [0, 0.05) is 49.4 Å². The van der Waals surface area contributed by atoms with Crippen molar-refractivity contribution in [3.05, 3.63) is 59.2 Å². The lowest BCUT2D eigenvalue weighted by Crippen LogP contribution is -2.46. The molecule has 2 aromatic carbocycles. The molecule has 0 spiro atoms. The van der Waals surface area contributed by atoms with E-state index in [1.54, 1.807) is 0 Å². The van der Waals surface area contributed by atoms with Crippen molar-refractivity contribution in [2.24, 2.45) is 0 Å². The van der Waals surface area contributed by atoms with Gasteiger partial charge in [-0.15, -0.1) is 0 Å². The van der Waals surface area contributed by atoms with Crippen molar-refractivity contribution in [3.63, 3.8) is 0 Å². The van der Waals surface area contributed by atoms with E-state index in [9.17, 15) is 9.59 Å². The molecule has 2 aliphatic heterocycles. The number of nitrogens with zero attached hydrogens (tertiary/aromatic N) is 2. The van der Waals surface area contributed by atoms with Crippen LogP contribution in [0.25, 0.3) is 11.1 Å². The third-order valence-electron chi connectivity index (χ3n) is 7.51. The molecule has 5 heteroatoms. The van der Waals surface area contributed by atoms with Gasteiger partial charge < -0.3 is 10.2 Å². The summed E-state index contributed by atoms with van der Waals surface area (Å²) in [6, 6.07) is 15.0. The number of amides is 2. The summed E-state index contributed by atoms with van der Waals surface area (Å²) >= 11 is 0. The van der Waals surface area contributed by atoms with Crippen LogP contribution >= 0.6 is 0 Å². The Labute approximate surface area is 190 Å². The Morgan fingerprint density at radius 1 is 0.969 bits per heavy atom. The minimum Gasteiger partial charge on any atom is -0.352 e. The monoisotopic (exact) mass is 431 g/mol. The normalized spacial score (nSPS) is 21.7. The fraction of sp³-hybridized carbons (Fsp3) is 0.481. The molecule has 0 radical (unpaired) electrons. The highest BCUT2D eigenvalue weighted by molar-refractivity contribution is 5.98. The van der Waals surface area contributed by atoms with Gasteiger partial charge in [0.2, 0.25) is 0 Å². The number of carbonyl (C=O) groups excluding carboxylic acids is 2. The lowest BCUT2D eigenvalue weighted by Gasteiger charge is -2.34. The highest BCUT2D eigenvalue weighted by Crippen LogP contribution is 2.31. The molecule has 5 rings (SSSR count). The van der Waals surface area contributed by atoms with Gasteiger partial charge in [0.25, 0.3) is 11.8 Å². The molecular weight excluding hydrogens is 398 g/mol. The van der Waals surface area contributed by atoms with Crippen molar-refractivity contribution in [1.29, 1.82) is 0 Å². The maximum atomic E-state index is 13.3. The number of hydrogen-bond donors (Lipinski definition) is 1. The second-order valence-corrected chi connectivity index (χ2v) is 9.43. The Morgan fingerprint density at radius 2 is 1.72 bits per heavy atom. The summed E-state index contributed by atoms with van der Waals surface area (Å²) in [4.78, 5) is 30.1. The second-order valence-electron chi connectivity index (χ2n) is 9.43. The molecule has 2 fully saturated rings. The molecule has 0 aromatic heterocycles. The van der Waals surface area contributed by atoms with E-state index in [0.29, 0.717) is 18.2 Å². The molecule has 2 amide bonds. The first-order valence-electron chi connectivity index (χ1n) is 12.2. The fourth-order valence-electron chi connectivity index (χ4n) is 5.73. The second kappa shape index (κ2) is 9.07. The number of benzene rings is 2. The van der Waals surface area contributed by atoms with Crippen LogP contribution < -0.4 is 5.32 Å². The Balaban J connectivity index is 1.29. The van der Waals surface area contributed by atoms with E-state index in [1.165, 1.54) is 25.7 Å². The van der Waals surface area contributed by atoms with Crippen molar-refractivity contribution in [2.75, 3.05) is 26.2 Å². The summed E-state index contributed by atoms with van der Waals surface area (Å²) in [7, 11) is 0. The molecule has 1 saturated carbocycles. The average Bonchev–Trinajstić information content (AvgIpc) is 3.52. The predicted octanol–water partition coefficient (Wildman–Crippen LogP) is 4.12. The fourth-order valence-corrected chi connectivity index (χ4v) is 5.73. The molecule has 2 aromatic rings.